The van der Waals surface area contributed by atoms with Gasteiger partial charge in [0.15, 0.2) is 0 Å². The second-order valence-corrected chi connectivity index (χ2v) is 3.09. The number of ether oxygens (including phenoxy) is 1. The number of hydrogen-bond acceptors (Lipinski definition) is 4. The van der Waals surface area contributed by atoms with Gasteiger partial charge in [0.1, 0.15) is 6.04 Å². The van der Waals surface area contributed by atoms with Crippen molar-refractivity contribution in [2.24, 2.45) is 0 Å². The number of aliphatic carboxylic acids is 2. The summed E-state index contributed by atoms with van der Waals surface area (Å²) in [4.78, 5) is 32.1. The quantitative estimate of drug-likeness (QED) is 0.419. The average Bonchev–Trinajstić information content (AvgIpc) is 2.22. The van der Waals surface area contributed by atoms with Crippen molar-refractivity contribution in [1.29, 1.82) is 0 Å². The normalized spacial score (nSPS) is 11.6. The smallest absolute Gasteiger partial charge is 0.326 e. The van der Waals surface area contributed by atoms with E-state index in [-0.39, 0.29) is 6.54 Å². The predicted octanol–water partition coefficient (Wildman–Crippen LogP) is -0.750. The molecular formula is C9H16N2O6. The van der Waals surface area contributed by atoms with Crippen LogP contribution in [0.5, 0.6) is 0 Å². The van der Waals surface area contributed by atoms with E-state index in [1.807, 2.05) is 5.32 Å². The molecule has 8 nitrogen and oxygen atoms in total. The largest absolute Gasteiger partial charge is 0.481 e. The molecule has 0 aliphatic heterocycles. The highest BCUT2D eigenvalue weighted by atomic mass is 16.5. The first-order valence-corrected chi connectivity index (χ1v) is 5.04. The van der Waals surface area contributed by atoms with Crippen LogP contribution in [-0.2, 0) is 14.3 Å². The Balaban J connectivity index is 3.96. The number of carboxylic acids is 2. The fraction of sp³-hybridized carbons (Fsp3) is 0.667. The van der Waals surface area contributed by atoms with Crippen molar-refractivity contribution < 1.29 is 29.3 Å². The summed E-state index contributed by atoms with van der Waals surface area (Å²) in [6.07, 6.45) is -0.672. The molecule has 8 heteroatoms. The lowest BCUT2D eigenvalue weighted by Crippen LogP contribution is -2.47. The fourth-order valence-corrected chi connectivity index (χ4v) is 0.965. The van der Waals surface area contributed by atoms with E-state index in [0.717, 1.165) is 0 Å². The summed E-state index contributed by atoms with van der Waals surface area (Å²) < 4.78 is 4.95. The third kappa shape index (κ3) is 8.03. The van der Waals surface area contributed by atoms with Gasteiger partial charge in [-0.05, 0) is 6.92 Å². The third-order valence-corrected chi connectivity index (χ3v) is 1.72. The highest BCUT2D eigenvalue weighted by Crippen LogP contribution is 1.92. The molecule has 0 radical (unpaired) electrons. The number of carbonyl (C=O) groups excluding carboxylic acids is 1. The fourth-order valence-electron chi connectivity index (χ4n) is 0.965. The highest BCUT2D eigenvalue weighted by Gasteiger charge is 2.22. The maximum atomic E-state index is 11.2. The average molecular weight is 248 g/mol. The Morgan fingerprint density at radius 3 is 2.41 bits per heavy atom. The standard InChI is InChI=1S/C9H16N2O6/c1-2-17-4-3-10-9(16)11-6(8(14)15)5-7(12)13/h6H,2-5H2,1H3,(H,12,13)(H,14,15)(H2,10,11,16)/t6-/m1/s1. The van der Waals surface area contributed by atoms with E-state index in [9.17, 15) is 14.4 Å². The van der Waals surface area contributed by atoms with Gasteiger partial charge in [-0.1, -0.05) is 0 Å². The molecule has 0 fully saturated rings. The predicted molar refractivity (Wildman–Crippen MR) is 56.7 cm³/mol. The van der Waals surface area contributed by atoms with Gasteiger partial charge in [-0.2, -0.15) is 0 Å². The van der Waals surface area contributed by atoms with Crippen molar-refractivity contribution in [3.05, 3.63) is 0 Å². The van der Waals surface area contributed by atoms with Gasteiger partial charge in [0.2, 0.25) is 0 Å². The molecule has 4 N–H and O–H groups in total. The van der Waals surface area contributed by atoms with E-state index in [0.29, 0.717) is 13.2 Å². The number of carboxylic acid groups (broad SMARTS) is 2. The maximum absolute atomic E-state index is 11.2. The Kier molecular flexibility index (Phi) is 7.44. The molecule has 0 heterocycles. The minimum Gasteiger partial charge on any atom is -0.481 e. The van der Waals surface area contributed by atoms with Crippen molar-refractivity contribution in [3.8, 4) is 0 Å². The van der Waals surface area contributed by atoms with Crippen LogP contribution in [0.15, 0.2) is 0 Å². The second kappa shape index (κ2) is 8.34. The molecule has 0 spiro atoms. The van der Waals surface area contributed by atoms with Crippen LogP contribution in [0.1, 0.15) is 13.3 Å². The van der Waals surface area contributed by atoms with Gasteiger partial charge in [0, 0.05) is 13.2 Å². The highest BCUT2D eigenvalue weighted by molar-refractivity contribution is 5.86. The van der Waals surface area contributed by atoms with Gasteiger partial charge in [0.25, 0.3) is 0 Å². The number of amides is 2. The van der Waals surface area contributed by atoms with Gasteiger partial charge in [-0.15, -0.1) is 0 Å². The Labute approximate surface area is 97.9 Å². The van der Waals surface area contributed by atoms with E-state index < -0.39 is 30.4 Å². The summed E-state index contributed by atoms with van der Waals surface area (Å²) in [5, 5.41) is 21.5. The van der Waals surface area contributed by atoms with Crippen LogP contribution in [0.4, 0.5) is 4.79 Å². The van der Waals surface area contributed by atoms with Crippen LogP contribution < -0.4 is 10.6 Å². The summed E-state index contributed by atoms with van der Waals surface area (Å²) >= 11 is 0. The first-order chi connectivity index (χ1) is 7.97. The van der Waals surface area contributed by atoms with Crippen LogP contribution in [-0.4, -0.2) is 54.0 Å². The van der Waals surface area contributed by atoms with Crippen LogP contribution in [0.2, 0.25) is 0 Å². The summed E-state index contributed by atoms with van der Waals surface area (Å²) in [6, 6.07) is -2.18. The summed E-state index contributed by atoms with van der Waals surface area (Å²) in [5.74, 6) is -2.70. The molecule has 0 rings (SSSR count). The Morgan fingerprint density at radius 1 is 1.29 bits per heavy atom. The molecule has 2 amide bonds. The van der Waals surface area contributed by atoms with Gasteiger partial charge in [-0.3, -0.25) is 4.79 Å². The second-order valence-electron chi connectivity index (χ2n) is 3.09. The topological polar surface area (TPSA) is 125 Å². The number of urea groups is 1. The van der Waals surface area contributed by atoms with E-state index in [2.05, 4.69) is 5.32 Å². The summed E-state index contributed by atoms with van der Waals surface area (Å²) in [5.41, 5.74) is 0. The van der Waals surface area contributed by atoms with Gasteiger partial charge >= 0.3 is 18.0 Å². The minimum absolute atomic E-state index is 0.221. The van der Waals surface area contributed by atoms with E-state index in [4.69, 9.17) is 14.9 Å². The number of hydrogen-bond donors (Lipinski definition) is 4. The van der Waals surface area contributed by atoms with Gasteiger partial charge < -0.3 is 25.6 Å². The Morgan fingerprint density at radius 2 is 1.94 bits per heavy atom. The first kappa shape index (κ1) is 15.2. The monoisotopic (exact) mass is 248 g/mol. The van der Waals surface area contributed by atoms with Crippen LogP contribution in [0.3, 0.4) is 0 Å². The molecule has 0 aliphatic carbocycles. The van der Waals surface area contributed by atoms with E-state index in [1.165, 1.54) is 0 Å². The zero-order chi connectivity index (χ0) is 13.3. The van der Waals surface area contributed by atoms with Crippen molar-refractivity contribution in [3.63, 3.8) is 0 Å². The molecule has 0 saturated carbocycles. The SMILES string of the molecule is CCOCCNC(=O)N[C@H](CC(=O)O)C(=O)O. The maximum Gasteiger partial charge on any atom is 0.326 e. The van der Waals surface area contributed by atoms with E-state index >= 15 is 0 Å². The summed E-state index contributed by atoms with van der Waals surface area (Å²) in [7, 11) is 0. The number of nitrogens with one attached hydrogen (secondary N) is 2. The number of carbonyl (C=O) groups is 3. The molecule has 1 atom stereocenters. The molecule has 0 bridgehead atoms. The molecule has 0 aromatic heterocycles. The lowest BCUT2D eigenvalue weighted by molar-refractivity contribution is -0.145. The molecule has 0 unspecified atom stereocenters. The lowest BCUT2D eigenvalue weighted by Gasteiger charge is -2.13. The zero-order valence-electron chi connectivity index (χ0n) is 9.43. The van der Waals surface area contributed by atoms with Crippen molar-refractivity contribution in [1.82, 2.24) is 10.6 Å². The molecular weight excluding hydrogens is 232 g/mol. The van der Waals surface area contributed by atoms with Gasteiger partial charge in [-0.25, -0.2) is 9.59 Å². The van der Waals surface area contributed by atoms with Crippen LogP contribution in [0.25, 0.3) is 0 Å². The molecule has 0 aromatic carbocycles. The lowest BCUT2D eigenvalue weighted by atomic mass is 10.2. The molecule has 0 aromatic rings. The minimum atomic E-state index is -1.44. The van der Waals surface area contributed by atoms with Crippen LogP contribution >= 0.6 is 0 Å². The third-order valence-electron chi connectivity index (χ3n) is 1.72. The van der Waals surface area contributed by atoms with Crippen molar-refractivity contribution in [2.45, 2.75) is 19.4 Å². The zero-order valence-corrected chi connectivity index (χ0v) is 9.43. The first-order valence-electron chi connectivity index (χ1n) is 5.04. The van der Waals surface area contributed by atoms with Crippen LogP contribution in [0, 0.1) is 0 Å². The Hall–Kier alpha value is -1.83. The Bertz CT molecular complexity index is 281. The number of rotatable bonds is 8. The summed E-state index contributed by atoms with van der Waals surface area (Å²) in [6.45, 7) is 2.84. The van der Waals surface area contributed by atoms with Crippen molar-refractivity contribution in [2.75, 3.05) is 19.8 Å². The molecule has 0 saturated heterocycles. The molecule has 0 aliphatic rings. The van der Waals surface area contributed by atoms with Gasteiger partial charge in [0.05, 0.1) is 13.0 Å². The van der Waals surface area contributed by atoms with E-state index in [1.54, 1.807) is 6.92 Å². The molecule has 17 heavy (non-hydrogen) atoms. The molecule has 98 valence electrons. The van der Waals surface area contributed by atoms with Crippen molar-refractivity contribution >= 4 is 18.0 Å².